The molecule has 0 aliphatic rings. The normalized spacial score (nSPS) is 14.9. The Hall–Kier alpha value is -2.55. The van der Waals surface area contributed by atoms with Crippen LogP contribution in [0.4, 0.5) is 0 Å². The van der Waals surface area contributed by atoms with Gasteiger partial charge in [0, 0.05) is 7.05 Å². The molecule has 13 nitrogen and oxygen atoms in total. The molecule has 0 saturated heterocycles. The van der Waals surface area contributed by atoms with E-state index in [0.29, 0.717) is 5.01 Å². The van der Waals surface area contributed by atoms with Crippen LogP contribution in [0.5, 0.6) is 0 Å². The second-order valence-corrected chi connectivity index (χ2v) is 5.97. The standard InChI is InChI=1S/C13H24N6O7S/c1-5(21)9(12(25)26)17-13(27)16-7(3-8(15)22)11(24)19(2)18-10(23)6(14)4-20/h5-7,9,20-21H,3-4,14H2,1-2H3,(H2,15,22)(H,18,23)(H,25,26)(H2,16,17,27)/t5?,6-,7-,9-/m0/s1. The van der Waals surface area contributed by atoms with Crippen molar-refractivity contribution in [2.45, 2.75) is 37.6 Å². The number of aliphatic carboxylic acids is 1. The summed E-state index contributed by atoms with van der Waals surface area (Å²) in [4.78, 5) is 46.3. The van der Waals surface area contributed by atoms with Crippen molar-refractivity contribution in [1.82, 2.24) is 21.1 Å². The summed E-state index contributed by atoms with van der Waals surface area (Å²) >= 11 is 4.89. The highest BCUT2D eigenvalue weighted by atomic mass is 32.1. The molecule has 0 radical (unpaired) electrons. The highest BCUT2D eigenvalue weighted by Crippen LogP contribution is 1.99. The number of aliphatic hydroxyl groups excluding tert-OH is 2. The fourth-order valence-corrected chi connectivity index (χ4v) is 2.02. The molecule has 0 aromatic carbocycles. The predicted molar refractivity (Wildman–Crippen MR) is 95.5 cm³/mol. The summed E-state index contributed by atoms with van der Waals surface area (Å²) in [5.74, 6) is -3.97. The Morgan fingerprint density at radius 2 is 1.78 bits per heavy atom. The largest absolute Gasteiger partial charge is 0.480 e. The molecule has 0 aromatic rings. The van der Waals surface area contributed by atoms with Crippen molar-refractivity contribution >= 4 is 41.0 Å². The Morgan fingerprint density at radius 1 is 1.22 bits per heavy atom. The van der Waals surface area contributed by atoms with Gasteiger partial charge in [-0.15, -0.1) is 0 Å². The molecule has 0 saturated carbocycles. The molecule has 14 heteroatoms. The molecule has 0 aliphatic heterocycles. The van der Waals surface area contributed by atoms with E-state index in [9.17, 15) is 24.3 Å². The summed E-state index contributed by atoms with van der Waals surface area (Å²) in [5, 5.41) is 32.3. The van der Waals surface area contributed by atoms with Crippen molar-refractivity contribution in [3.05, 3.63) is 0 Å². The van der Waals surface area contributed by atoms with Crippen LogP contribution in [0, 0.1) is 0 Å². The van der Waals surface area contributed by atoms with E-state index >= 15 is 0 Å². The zero-order valence-corrected chi connectivity index (χ0v) is 15.5. The van der Waals surface area contributed by atoms with Crippen LogP contribution in [0.2, 0.25) is 0 Å². The molecule has 27 heavy (non-hydrogen) atoms. The average molecular weight is 408 g/mol. The van der Waals surface area contributed by atoms with Gasteiger partial charge in [-0.1, -0.05) is 0 Å². The Labute approximate surface area is 160 Å². The van der Waals surface area contributed by atoms with Crippen molar-refractivity contribution in [2.75, 3.05) is 13.7 Å². The van der Waals surface area contributed by atoms with E-state index in [4.69, 9.17) is 33.9 Å². The summed E-state index contributed by atoms with van der Waals surface area (Å²) in [6, 6.07) is -4.08. The molecule has 1 unspecified atom stereocenters. The van der Waals surface area contributed by atoms with Crippen LogP contribution >= 0.6 is 12.2 Å². The summed E-state index contributed by atoms with van der Waals surface area (Å²) in [6.45, 7) is 0.564. The average Bonchev–Trinajstić information content (AvgIpc) is 2.56. The lowest BCUT2D eigenvalue weighted by Crippen LogP contribution is -2.59. The lowest BCUT2D eigenvalue weighted by Gasteiger charge is -2.27. The molecule has 3 amide bonds. The number of hydrazine groups is 1. The minimum atomic E-state index is -1.46. The van der Waals surface area contributed by atoms with E-state index in [1.54, 1.807) is 0 Å². The van der Waals surface area contributed by atoms with Crippen molar-refractivity contribution < 1.29 is 34.5 Å². The number of nitrogens with zero attached hydrogens (tertiary/aromatic N) is 1. The van der Waals surface area contributed by atoms with Gasteiger partial charge >= 0.3 is 5.97 Å². The molecule has 0 fully saturated rings. The van der Waals surface area contributed by atoms with Gasteiger partial charge in [0.25, 0.3) is 11.8 Å². The van der Waals surface area contributed by atoms with E-state index in [1.807, 2.05) is 0 Å². The first-order valence-corrected chi connectivity index (χ1v) is 8.02. The Morgan fingerprint density at radius 3 is 2.19 bits per heavy atom. The third kappa shape index (κ3) is 8.59. The molecular formula is C13H24N6O7S. The zero-order valence-electron chi connectivity index (χ0n) is 14.7. The summed E-state index contributed by atoms with van der Waals surface area (Å²) in [5.41, 5.74) is 12.5. The number of primary amides is 1. The second-order valence-electron chi connectivity index (χ2n) is 5.56. The molecule has 0 rings (SSSR count). The molecule has 0 heterocycles. The highest BCUT2D eigenvalue weighted by Gasteiger charge is 2.29. The van der Waals surface area contributed by atoms with Crippen LogP contribution in [0.25, 0.3) is 0 Å². The number of rotatable bonds is 9. The summed E-state index contributed by atoms with van der Waals surface area (Å²) in [6.07, 6.45) is -1.84. The van der Waals surface area contributed by atoms with Gasteiger partial charge in [-0.05, 0) is 19.1 Å². The number of carboxylic acid groups (broad SMARTS) is 1. The SMILES string of the molecule is CC(O)[C@H](NC(=S)N[C@@H](CC(N)=O)C(=O)N(C)NC(=O)[C@@H](N)CO)C(=O)O. The topological polar surface area (TPSA) is 220 Å². The Kier molecular flexibility index (Phi) is 10.2. The van der Waals surface area contributed by atoms with Crippen molar-refractivity contribution in [2.24, 2.45) is 11.5 Å². The number of aliphatic hydroxyl groups is 2. The van der Waals surface area contributed by atoms with Crippen LogP contribution in [-0.4, -0.2) is 87.0 Å². The fourth-order valence-electron chi connectivity index (χ4n) is 1.75. The second kappa shape index (κ2) is 11.2. The molecule has 0 spiro atoms. The number of carboxylic acids is 1. The van der Waals surface area contributed by atoms with E-state index in [2.05, 4.69) is 16.1 Å². The van der Waals surface area contributed by atoms with Crippen LogP contribution < -0.4 is 27.5 Å². The van der Waals surface area contributed by atoms with Crippen molar-refractivity contribution in [1.29, 1.82) is 0 Å². The Bertz CT molecular complexity index is 588. The van der Waals surface area contributed by atoms with Gasteiger partial charge in [0.15, 0.2) is 11.2 Å². The van der Waals surface area contributed by atoms with Crippen molar-refractivity contribution in [3.8, 4) is 0 Å². The molecule has 10 N–H and O–H groups in total. The third-order valence-electron chi connectivity index (χ3n) is 3.19. The first-order chi connectivity index (χ1) is 12.4. The number of hydrogen-bond acceptors (Lipinski definition) is 8. The van der Waals surface area contributed by atoms with Crippen LogP contribution in [0.3, 0.4) is 0 Å². The predicted octanol–water partition coefficient (Wildman–Crippen LogP) is -4.66. The maximum absolute atomic E-state index is 12.4. The van der Waals surface area contributed by atoms with Crippen LogP contribution in [-0.2, 0) is 19.2 Å². The quantitative estimate of drug-likeness (QED) is 0.134. The highest BCUT2D eigenvalue weighted by molar-refractivity contribution is 7.80. The smallest absolute Gasteiger partial charge is 0.328 e. The lowest BCUT2D eigenvalue weighted by atomic mass is 10.1. The van der Waals surface area contributed by atoms with Gasteiger partial charge < -0.3 is 37.4 Å². The number of carbonyl (C=O) groups excluding carboxylic acids is 3. The number of nitrogens with two attached hydrogens (primary N) is 2. The van der Waals surface area contributed by atoms with Crippen LogP contribution in [0.15, 0.2) is 0 Å². The fraction of sp³-hybridized carbons (Fsp3) is 0.615. The number of carbonyl (C=O) groups is 4. The monoisotopic (exact) mass is 408 g/mol. The van der Waals surface area contributed by atoms with Gasteiger partial charge in [-0.3, -0.25) is 24.8 Å². The molecule has 0 aromatic heterocycles. The maximum Gasteiger partial charge on any atom is 0.328 e. The number of thiocarbonyl (C=S) groups is 1. The molecule has 154 valence electrons. The van der Waals surface area contributed by atoms with Gasteiger partial charge in [0.2, 0.25) is 5.91 Å². The molecule has 0 aliphatic carbocycles. The Balaban J connectivity index is 5.12. The van der Waals surface area contributed by atoms with Gasteiger partial charge in [0.05, 0.1) is 19.1 Å². The summed E-state index contributed by atoms with van der Waals surface area (Å²) in [7, 11) is 1.16. The van der Waals surface area contributed by atoms with Gasteiger partial charge in [0.1, 0.15) is 12.1 Å². The molecule has 0 bridgehead atoms. The van der Waals surface area contributed by atoms with E-state index in [0.717, 1.165) is 7.05 Å². The van der Waals surface area contributed by atoms with E-state index < -0.39 is 60.9 Å². The minimum Gasteiger partial charge on any atom is -0.480 e. The van der Waals surface area contributed by atoms with Gasteiger partial charge in [-0.2, -0.15) is 0 Å². The number of likely N-dealkylation sites (N-methyl/N-ethyl adjacent to an activating group) is 1. The van der Waals surface area contributed by atoms with Crippen LogP contribution in [0.1, 0.15) is 13.3 Å². The first kappa shape index (κ1) is 24.5. The number of amides is 3. The number of hydrogen-bond donors (Lipinski definition) is 8. The number of nitrogens with one attached hydrogen (secondary N) is 3. The first-order valence-electron chi connectivity index (χ1n) is 7.61. The van der Waals surface area contributed by atoms with E-state index in [-0.39, 0.29) is 5.11 Å². The van der Waals surface area contributed by atoms with E-state index in [1.165, 1.54) is 6.92 Å². The maximum atomic E-state index is 12.4. The molecular weight excluding hydrogens is 384 g/mol. The third-order valence-corrected chi connectivity index (χ3v) is 3.42. The summed E-state index contributed by atoms with van der Waals surface area (Å²) < 4.78 is 0. The zero-order chi connectivity index (χ0) is 21.3. The van der Waals surface area contributed by atoms with Crippen molar-refractivity contribution in [3.63, 3.8) is 0 Å². The van der Waals surface area contributed by atoms with Gasteiger partial charge in [-0.25, -0.2) is 4.79 Å². The lowest BCUT2D eigenvalue weighted by molar-refractivity contribution is -0.142. The molecule has 4 atom stereocenters. The minimum absolute atomic E-state index is 0.338.